The number of allylic oxidation sites excluding steroid dienone is 1. The molecule has 2 aromatic rings. The van der Waals surface area contributed by atoms with Crippen LogP contribution in [0.4, 0.5) is 0 Å². The quantitative estimate of drug-likeness (QED) is 0.597. The van der Waals surface area contributed by atoms with E-state index >= 15 is 0 Å². The van der Waals surface area contributed by atoms with Gasteiger partial charge in [0.25, 0.3) is 20.2 Å². The lowest BCUT2D eigenvalue weighted by molar-refractivity contribution is 0.104. The Morgan fingerprint density at radius 1 is 0.840 bits per heavy atom. The highest BCUT2D eigenvalue weighted by Gasteiger charge is 2.27. The van der Waals surface area contributed by atoms with Crippen molar-refractivity contribution < 1.29 is 30.7 Å². The second kappa shape index (κ2) is 6.07. The van der Waals surface area contributed by atoms with Gasteiger partial charge >= 0.3 is 0 Å². The molecule has 0 unspecified atom stereocenters. The van der Waals surface area contributed by atoms with Gasteiger partial charge < -0.3 is 0 Å². The predicted octanol–water partition coefficient (Wildman–Crippen LogP) is 2.51. The smallest absolute Gasteiger partial charge is 0.288 e. The summed E-state index contributed by atoms with van der Waals surface area (Å²) >= 11 is 1.05. The maximum absolute atomic E-state index is 12.4. The molecule has 1 aliphatic heterocycles. The SMILES string of the molecule is O=C1/C(=C/c2ccc(S(=O)(=O)O)cc2)Sc2cc(S(=O)(=O)O)ccc21. The maximum Gasteiger partial charge on any atom is 0.294 e. The summed E-state index contributed by atoms with van der Waals surface area (Å²) in [6, 6.07) is 8.96. The standard InChI is InChI=1S/C15H10O7S3/c16-15-12-6-5-11(25(20,21)22)8-13(12)23-14(15)7-9-1-3-10(4-2-9)24(17,18)19/h1-8H,(H,17,18,19)(H,20,21,22)/b14-7-. The van der Waals surface area contributed by atoms with E-state index in [1.807, 2.05) is 0 Å². The minimum absolute atomic E-state index is 0.263. The summed E-state index contributed by atoms with van der Waals surface area (Å²) in [5, 5.41) is 0. The first-order chi connectivity index (χ1) is 11.6. The Bertz CT molecular complexity index is 1110. The van der Waals surface area contributed by atoms with Crippen molar-refractivity contribution in [3.63, 3.8) is 0 Å². The Morgan fingerprint density at radius 2 is 1.40 bits per heavy atom. The van der Waals surface area contributed by atoms with Crippen LogP contribution < -0.4 is 0 Å². The second-order valence-corrected chi connectivity index (χ2v) is 9.04. The summed E-state index contributed by atoms with van der Waals surface area (Å²) in [4.78, 5) is 12.5. The Balaban J connectivity index is 1.94. The number of Topliss-reactive ketones (excluding diaryl/α,β-unsaturated/α-hetero) is 1. The number of fused-ring (bicyclic) bond motifs is 1. The Kier molecular flexibility index (Phi) is 4.33. The fraction of sp³-hybridized carbons (Fsp3) is 0. The molecule has 130 valence electrons. The molecule has 25 heavy (non-hydrogen) atoms. The fourth-order valence-corrected chi connectivity index (χ4v) is 4.37. The lowest BCUT2D eigenvalue weighted by Gasteiger charge is -1.99. The van der Waals surface area contributed by atoms with Crippen molar-refractivity contribution in [3.8, 4) is 0 Å². The molecular formula is C15H10O7S3. The monoisotopic (exact) mass is 398 g/mol. The highest BCUT2D eigenvalue weighted by molar-refractivity contribution is 8.05. The van der Waals surface area contributed by atoms with Gasteiger partial charge in [0.05, 0.1) is 14.7 Å². The number of carbonyl (C=O) groups is 1. The molecule has 0 aromatic heterocycles. The fourth-order valence-electron chi connectivity index (χ4n) is 2.22. The van der Waals surface area contributed by atoms with Crippen LogP contribution in [-0.2, 0) is 20.2 Å². The third kappa shape index (κ3) is 3.67. The average Bonchev–Trinajstić information content (AvgIpc) is 2.82. The van der Waals surface area contributed by atoms with Gasteiger partial charge in [-0.1, -0.05) is 23.9 Å². The zero-order valence-corrected chi connectivity index (χ0v) is 14.7. The van der Waals surface area contributed by atoms with Gasteiger partial charge in [-0.15, -0.1) is 0 Å². The normalized spacial score (nSPS) is 16.2. The van der Waals surface area contributed by atoms with Crippen LogP contribution in [-0.4, -0.2) is 31.7 Å². The molecule has 3 rings (SSSR count). The molecule has 1 heterocycles. The number of carbonyl (C=O) groups excluding carboxylic acids is 1. The maximum atomic E-state index is 12.4. The molecule has 0 spiro atoms. The van der Waals surface area contributed by atoms with Crippen molar-refractivity contribution >= 4 is 43.9 Å². The number of ketones is 1. The van der Waals surface area contributed by atoms with Gasteiger partial charge in [0.2, 0.25) is 5.78 Å². The first-order valence-electron chi connectivity index (χ1n) is 6.69. The molecule has 10 heteroatoms. The van der Waals surface area contributed by atoms with Crippen LogP contribution in [0.5, 0.6) is 0 Å². The van der Waals surface area contributed by atoms with Gasteiger partial charge in [-0.3, -0.25) is 13.9 Å². The van der Waals surface area contributed by atoms with E-state index in [-0.39, 0.29) is 15.6 Å². The van der Waals surface area contributed by atoms with Crippen LogP contribution in [0.1, 0.15) is 15.9 Å². The first kappa shape index (κ1) is 17.8. The van der Waals surface area contributed by atoms with Gasteiger partial charge in [-0.25, -0.2) is 0 Å². The number of benzene rings is 2. The van der Waals surface area contributed by atoms with Gasteiger partial charge in [0.15, 0.2) is 0 Å². The topological polar surface area (TPSA) is 126 Å². The van der Waals surface area contributed by atoms with Crippen LogP contribution >= 0.6 is 11.8 Å². The lowest BCUT2D eigenvalue weighted by Crippen LogP contribution is -2.00. The van der Waals surface area contributed by atoms with Gasteiger partial charge in [0.1, 0.15) is 0 Å². The average molecular weight is 398 g/mol. The third-order valence-corrected chi connectivity index (χ3v) is 6.21. The van der Waals surface area contributed by atoms with E-state index in [1.54, 1.807) is 0 Å². The summed E-state index contributed by atoms with van der Waals surface area (Å²) in [6.45, 7) is 0. The van der Waals surface area contributed by atoms with E-state index in [2.05, 4.69) is 0 Å². The molecule has 2 N–H and O–H groups in total. The van der Waals surface area contributed by atoms with Crippen molar-refractivity contribution in [1.29, 1.82) is 0 Å². The minimum atomic E-state index is -4.36. The van der Waals surface area contributed by atoms with Crippen molar-refractivity contribution in [2.24, 2.45) is 0 Å². The summed E-state index contributed by atoms with van der Waals surface area (Å²) in [6.07, 6.45) is 1.52. The van der Waals surface area contributed by atoms with Gasteiger partial charge in [-0.2, -0.15) is 16.8 Å². The summed E-state index contributed by atoms with van der Waals surface area (Å²) < 4.78 is 62.4. The second-order valence-electron chi connectivity index (χ2n) is 5.12. The number of hydrogen-bond acceptors (Lipinski definition) is 6. The Morgan fingerprint density at radius 3 is 1.96 bits per heavy atom. The zero-order chi connectivity index (χ0) is 18.4. The molecule has 1 aliphatic rings. The molecule has 0 radical (unpaired) electrons. The molecule has 0 saturated carbocycles. The van der Waals surface area contributed by atoms with Crippen LogP contribution in [0.2, 0.25) is 0 Å². The minimum Gasteiger partial charge on any atom is -0.288 e. The van der Waals surface area contributed by atoms with Crippen molar-refractivity contribution in [1.82, 2.24) is 0 Å². The summed E-state index contributed by atoms with van der Waals surface area (Å²) in [7, 11) is -8.66. The van der Waals surface area contributed by atoms with E-state index in [0.717, 1.165) is 17.8 Å². The van der Waals surface area contributed by atoms with Gasteiger partial charge in [-0.05, 0) is 42.0 Å². The molecule has 0 saturated heterocycles. The first-order valence-corrected chi connectivity index (χ1v) is 10.4. The van der Waals surface area contributed by atoms with Crippen LogP contribution in [0.3, 0.4) is 0 Å². The van der Waals surface area contributed by atoms with E-state index in [4.69, 9.17) is 9.11 Å². The third-order valence-electron chi connectivity index (χ3n) is 3.41. The number of rotatable bonds is 3. The van der Waals surface area contributed by atoms with Crippen LogP contribution in [0.15, 0.2) is 62.1 Å². The van der Waals surface area contributed by atoms with E-state index < -0.39 is 20.2 Å². The van der Waals surface area contributed by atoms with E-state index in [1.165, 1.54) is 42.5 Å². The molecule has 2 aromatic carbocycles. The van der Waals surface area contributed by atoms with E-state index in [9.17, 15) is 21.6 Å². The highest BCUT2D eigenvalue weighted by Crippen LogP contribution is 2.41. The lowest BCUT2D eigenvalue weighted by atomic mass is 10.1. The number of hydrogen-bond donors (Lipinski definition) is 2. The van der Waals surface area contributed by atoms with Crippen LogP contribution in [0.25, 0.3) is 6.08 Å². The van der Waals surface area contributed by atoms with Crippen LogP contribution in [0, 0.1) is 0 Å². The van der Waals surface area contributed by atoms with Crippen molar-refractivity contribution in [2.75, 3.05) is 0 Å². The highest BCUT2D eigenvalue weighted by atomic mass is 32.2. The molecule has 0 amide bonds. The Labute approximate surface area is 147 Å². The molecule has 0 bridgehead atoms. The zero-order valence-electron chi connectivity index (χ0n) is 12.3. The summed E-state index contributed by atoms with van der Waals surface area (Å²) in [5.74, 6) is -0.305. The Hall–Kier alpha value is -1.98. The van der Waals surface area contributed by atoms with Crippen molar-refractivity contribution in [3.05, 3.63) is 58.5 Å². The molecule has 0 atom stereocenters. The predicted molar refractivity (Wildman–Crippen MR) is 90.7 cm³/mol. The number of thioether (sulfide) groups is 1. The van der Waals surface area contributed by atoms with Crippen molar-refractivity contribution in [2.45, 2.75) is 14.7 Å². The molecule has 0 fully saturated rings. The summed E-state index contributed by atoms with van der Waals surface area (Å²) in [5.41, 5.74) is 0.851. The molecular weight excluding hydrogens is 388 g/mol. The largest absolute Gasteiger partial charge is 0.294 e. The van der Waals surface area contributed by atoms with E-state index in [0.29, 0.717) is 20.9 Å². The molecule has 0 aliphatic carbocycles. The molecule has 7 nitrogen and oxygen atoms in total. The van der Waals surface area contributed by atoms with Gasteiger partial charge in [0, 0.05) is 10.5 Å².